The number of hydrogen-bond acceptors (Lipinski definition) is 5. The van der Waals surface area contributed by atoms with Gasteiger partial charge in [0, 0.05) is 16.4 Å². The van der Waals surface area contributed by atoms with Crippen molar-refractivity contribution < 1.29 is 17.9 Å². The Morgan fingerprint density at radius 1 is 0.939 bits per heavy atom. The zero-order valence-corrected chi connectivity index (χ0v) is 20.3. The molecule has 1 amide bonds. The lowest BCUT2D eigenvalue weighted by Gasteiger charge is -2.12. The Labute approximate surface area is 203 Å². The number of halogens is 1. The molecule has 0 saturated carbocycles. The number of amides is 1. The van der Waals surface area contributed by atoms with Gasteiger partial charge in [0.1, 0.15) is 5.75 Å². The molecule has 7 nitrogen and oxygen atoms in total. The highest BCUT2D eigenvalue weighted by atomic mass is 35.5. The summed E-state index contributed by atoms with van der Waals surface area (Å²) >= 11 is 10.9. The summed E-state index contributed by atoms with van der Waals surface area (Å²) in [4.78, 5) is 12.1. The van der Waals surface area contributed by atoms with Gasteiger partial charge in [0.25, 0.3) is 15.9 Å². The molecular formula is C23H22ClN3O4S2. The van der Waals surface area contributed by atoms with Gasteiger partial charge in [-0.3, -0.25) is 14.8 Å². The van der Waals surface area contributed by atoms with Crippen LogP contribution >= 0.6 is 23.8 Å². The summed E-state index contributed by atoms with van der Waals surface area (Å²) in [7, 11) is -3.75. The van der Waals surface area contributed by atoms with Crippen LogP contribution in [0.25, 0.3) is 0 Å². The molecule has 3 rings (SSSR count). The number of carbonyl (C=O) groups is 1. The summed E-state index contributed by atoms with van der Waals surface area (Å²) < 4.78 is 33.3. The van der Waals surface area contributed by atoms with Gasteiger partial charge in [0.05, 0.1) is 4.90 Å². The quantitative estimate of drug-likeness (QED) is 0.406. The van der Waals surface area contributed by atoms with Crippen LogP contribution in [0.2, 0.25) is 5.02 Å². The summed E-state index contributed by atoms with van der Waals surface area (Å²) in [6.45, 7) is 3.57. The third-order valence-corrected chi connectivity index (χ3v) is 6.19. The molecule has 0 unspecified atom stereocenters. The fraction of sp³-hybridized carbons (Fsp3) is 0.130. The molecule has 0 aliphatic carbocycles. The first-order valence-corrected chi connectivity index (χ1v) is 12.1. The van der Waals surface area contributed by atoms with Crippen LogP contribution in [-0.4, -0.2) is 26.0 Å². The van der Waals surface area contributed by atoms with E-state index in [4.69, 9.17) is 28.6 Å². The Morgan fingerprint density at radius 3 is 2.15 bits per heavy atom. The maximum Gasteiger partial charge on any atom is 0.264 e. The SMILES string of the molecule is Cc1cc(C)cc(NS(=O)(=O)c2ccc(NC(=S)NC(=O)COc3ccc(Cl)cc3)cc2)c1. The molecule has 3 aromatic rings. The topological polar surface area (TPSA) is 96.5 Å². The number of nitrogens with one attached hydrogen (secondary N) is 3. The van der Waals surface area contributed by atoms with E-state index < -0.39 is 15.9 Å². The summed E-state index contributed by atoms with van der Waals surface area (Å²) in [5.41, 5.74) is 2.94. The van der Waals surface area contributed by atoms with Gasteiger partial charge in [-0.25, -0.2) is 8.42 Å². The number of anilines is 2. The van der Waals surface area contributed by atoms with E-state index in [0.717, 1.165) is 11.1 Å². The second-order valence-electron chi connectivity index (χ2n) is 7.25. The van der Waals surface area contributed by atoms with Crippen LogP contribution in [0.4, 0.5) is 11.4 Å². The van der Waals surface area contributed by atoms with E-state index in [1.807, 2.05) is 19.9 Å². The minimum absolute atomic E-state index is 0.0590. The van der Waals surface area contributed by atoms with Crippen molar-refractivity contribution in [2.45, 2.75) is 18.7 Å². The molecule has 3 N–H and O–H groups in total. The molecule has 0 aliphatic rings. The van der Waals surface area contributed by atoms with Crippen LogP contribution in [-0.2, 0) is 14.8 Å². The maximum absolute atomic E-state index is 12.7. The van der Waals surface area contributed by atoms with Gasteiger partial charge in [-0.15, -0.1) is 0 Å². The predicted octanol–water partition coefficient (Wildman–Crippen LogP) is 4.65. The zero-order chi connectivity index (χ0) is 24.0. The Hall–Kier alpha value is -3.14. The number of sulfonamides is 1. The first-order chi connectivity index (χ1) is 15.6. The number of rotatable bonds is 7. The van der Waals surface area contributed by atoms with Crippen molar-refractivity contribution in [2.24, 2.45) is 0 Å². The van der Waals surface area contributed by atoms with Gasteiger partial charge in [0.15, 0.2) is 11.7 Å². The lowest BCUT2D eigenvalue weighted by Crippen LogP contribution is -2.37. The Morgan fingerprint density at radius 2 is 1.55 bits per heavy atom. The van der Waals surface area contributed by atoms with Gasteiger partial charge in [-0.2, -0.15) is 0 Å². The van der Waals surface area contributed by atoms with Crippen molar-refractivity contribution in [1.82, 2.24) is 5.32 Å². The summed E-state index contributed by atoms with van der Waals surface area (Å²) in [6, 6.07) is 18.1. The van der Waals surface area contributed by atoms with E-state index in [2.05, 4.69) is 15.4 Å². The molecule has 0 spiro atoms. The molecule has 0 aliphatic heterocycles. The average molecular weight is 504 g/mol. The van der Waals surface area contributed by atoms with E-state index in [0.29, 0.717) is 22.1 Å². The molecule has 10 heteroatoms. The second kappa shape index (κ2) is 10.7. The highest BCUT2D eigenvalue weighted by Gasteiger charge is 2.15. The lowest BCUT2D eigenvalue weighted by molar-refractivity contribution is -0.121. The average Bonchev–Trinajstić information content (AvgIpc) is 2.72. The third-order valence-electron chi connectivity index (χ3n) is 4.33. The number of carbonyl (C=O) groups excluding carboxylic acids is 1. The fourth-order valence-electron chi connectivity index (χ4n) is 2.97. The van der Waals surface area contributed by atoms with Crippen molar-refractivity contribution >= 4 is 56.2 Å². The Balaban J connectivity index is 1.54. The van der Waals surface area contributed by atoms with Gasteiger partial charge in [0.2, 0.25) is 0 Å². The van der Waals surface area contributed by atoms with Gasteiger partial charge < -0.3 is 10.1 Å². The van der Waals surface area contributed by atoms with E-state index in [-0.39, 0.29) is 16.6 Å². The summed E-state index contributed by atoms with van der Waals surface area (Å²) in [5.74, 6) is 0.0546. The monoisotopic (exact) mass is 503 g/mol. The fourth-order valence-corrected chi connectivity index (χ4v) is 4.37. The first kappa shape index (κ1) is 24.5. The van der Waals surface area contributed by atoms with Crippen LogP contribution in [0.15, 0.2) is 71.6 Å². The van der Waals surface area contributed by atoms with Crippen LogP contribution in [0, 0.1) is 13.8 Å². The minimum Gasteiger partial charge on any atom is -0.484 e. The van der Waals surface area contributed by atoms with Crippen molar-refractivity contribution in [3.8, 4) is 5.75 Å². The summed E-state index contributed by atoms with van der Waals surface area (Å²) in [5, 5.41) is 5.96. The standard InChI is InChI=1S/C23H22ClN3O4S2/c1-15-11-16(2)13-19(12-15)27-33(29,30)21-9-5-18(6-10-21)25-23(32)26-22(28)14-31-20-7-3-17(24)4-8-20/h3-13,27H,14H2,1-2H3,(H2,25,26,28,32). The highest BCUT2D eigenvalue weighted by molar-refractivity contribution is 7.92. The van der Waals surface area contributed by atoms with E-state index in [9.17, 15) is 13.2 Å². The number of hydrogen-bond donors (Lipinski definition) is 3. The second-order valence-corrected chi connectivity index (χ2v) is 9.78. The molecule has 3 aromatic carbocycles. The number of aryl methyl sites for hydroxylation is 2. The normalized spacial score (nSPS) is 10.9. The first-order valence-electron chi connectivity index (χ1n) is 9.81. The lowest BCUT2D eigenvalue weighted by atomic mass is 10.1. The third kappa shape index (κ3) is 7.45. The molecule has 0 heterocycles. The molecule has 33 heavy (non-hydrogen) atoms. The minimum atomic E-state index is -3.75. The van der Waals surface area contributed by atoms with Crippen molar-refractivity contribution in [3.63, 3.8) is 0 Å². The number of thiocarbonyl (C=S) groups is 1. The van der Waals surface area contributed by atoms with Crippen molar-refractivity contribution in [3.05, 3.63) is 82.9 Å². The van der Waals surface area contributed by atoms with Crippen LogP contribution in [0.1, 0.15) is 11.1 Å². The molecule has 172 valence electrons. The predicted molar refractivity (Wildman–Crippen MR) is 134 cm³/mol. The molecule has 0 saturated heterocycles. The highest BCUT2D eigenvalue weighted by Crippen LogP contribution is 2.20. The van der Waals surface area contributed by atoms with Crippen LogP contribution in [0.5, 0.6) is 5.75 Å². The smallest absolute Gasteiger partial charge is 0.264 e. The molecular weight excluding hydrogens is 482 g/mol. The van der Waals surface area contributed by atoms with E-state index in [1.165, 1.54) is 12.1 Å². The number of ether oxygens (including phenoxy) is 1. The van der Waals surface area contributed by atoms with E-state index >= 15 is 0 Å². The molecule has 0 radical (unpaired) electrons. The van der Waals surface area contributed by atoms with Crippen molar-refractivity contribution in [2.75, 3.05) is 16.6 Å². The molecule has 0 bridgehead atoms. The largest absolute Gasteiger partial charge is 0.484 e. The molecule has 0 atom stereocenters. The zero-order valence-electron chi connectivity index (χ0n) is 17.9. The Kier molecular flexibility index (Phi) is 7.91. The maximum atomic E-state index is 12.7. The van der Waals surface area contributed by atoms with Gasteiger partial charge in [-0.1, -0.05) is 17.7 Å². The van der Waals surface area contributed by atoms with Gasteiger partial charge in [-0.05, 0) is 97.9 Å². The van der Waals surface area contributed by atoms with Crippen LogP contribution in [0.3, 0.4) is 0 Å². The van der Waals surface area contributed by atoms with Crippen molar-refractivity contribution in [1.29, 1.82) is 0 Å². The number of benzene rings is 3. The summed E-state index contributed by atoms with van der Waals surface area (Å²) in [6.07, 6.45) is 0. The Bertz CT molecular complexity index is 1240. The van der Waals surface area contributed by atoms with E-state index in [1.54, 1.807) is 48.5 Å². The molecule has 0 fully saturated rings. The van der Waals surface area contributed by atoms with Crippen LogP contribution < -0.4 is 20.1 Å². The van der Waals surface area contributed by atoms with Gasteiger partial charge >= 0.3 is 0 Å². The molecule has 0 aromatic heterocycles.